The first kappa shape index (κ1) is 11.6. The van der Waals surface area contributed by atoms with Crippen molar-refractivity contribution in [3.63, 3.8) is 0 Å². The van der Waals surface area contributed by atoms with E-state index < -0.39 is 17.6 Å². The van der Waals surface area contributed by atoms with Crippen molar-refractivity contribution in [1.82, 2.24) is 0 Å². The summed E-state index contributed by atoms with van der Waals surface area (Å²) in [5.41, 5.74) is 0.197. The van der Waals surface area contributed by atoms with E-state index in [0.717, 1.165) is 6.07 Å². The number of hydrogen-bond donors (Lipinski definition) is 0. The van der Waals surface area contributed by atoms with Crippen LogP contribution in [0.3, 0.4) is 0 Å². The summed E-state index contributed by atoms with van der Waals surface area (Å²) in [5.74, 6) is -2.18. The molecule has 0 bridgehead atoms. The van der Waals surface area contributed by atoms with Crippen LogP contribution in [0.5, 0.6) is 0 Å². The molecule has 0 atom stereocenters. The van der Waals surface area contributed by atoms with Gasteiger partial charge in [-0.15, -0.1) is 0 Å². The maximum absolute atomic E-state index is 13.1. The fourth-order valence-corrected chi connectivity index (χ4v) is 1.21. The second-order valence-electron chi connectivity index (χ2n) is 3.02. The molecular weight excluding hydrogens is 202 g/mol. The van der Waals surface area contributed by atoms with Crippen LogP contribution < -0.4 is 0 Å². The van der Waals surface area contributed by atoms with Gasteiger partial charge in [0, 0.05) is 6.42 Å². The number of esters is 1. The van der Waals surface area contributed by atoms with Gasteiger partial charge >= 0.3 is 5.97 Å². The minimum atomic E-state index is -0.892. The molecule has 1 aromatic rings. The van der Waals surface area contributed by atoms with E-state index in [9.17, 15) is 13.6 Å². The number of carbonyl (C=O) groups is 1. The minimum absolute atomic E-state index is 0.0637. The molecule has 0 unspecified atom stereocenters. The van der Waals surface area contributed by atoms with Crippen molar-refractivity contribution in [3.8, 4) is 0 Å². The molecule has 0 aliphatic heterocycles. The third-order valence-corrected chi connectivity index (χ3v) is 1.94. The number of hydrogen-bond acceptors (Lipinski definition) is 2. The van der Waals surface area contributed by atoms with Crippen LogP contribution in [0.2, 0.25) is 0 Å². The molecule has 1 aromatic carbocycles. The quantitative estimate of drug-likeness (QED) is 0.719. The summed E-state index contributed by atoms with van der Waals surface area (Å²) in [6.45, 7) is 1.99. The van der Waals surface area contributed by atoms with Gasteiger partial charge in [0.2, 0.25) is 0 Å². The minimum Gasteiger partial charge on any atom is -0.466 e. The molecule has 2 nitrogen and oxygen atoms in total. The van der Waals surface area contributed by atoms with Gasteiger partial charge in [0.15, 0.2) is 11.6 Å². The van der Waals surface area contributed by atoms with Crippen molar-refractivity contribution in [2.24, 2.45) is 0 Å². The first-order valence-electron chi connectivity index (χ1n) is 4.73. The lowest BCUT2D eigenvalue weighted by atomic mass is 10.1. The maximum Gasteiger partial charge on any atom is 0.306 e. The van der Waals surface area contributed by atoms with Gasteiger partial charge in [-0.2, -0.15) is 0 Å². The molecule has 0 amide bonds. The lowest BCUT2D eigenvalue weighted by molar-refractivity contribution is -0.143. The third-order valence-electron chi connectivity index (χ3n) is 1.94. The summed E-state index contributed by atoms with van der Waals surface area (Å²) in [6, 6.07) is 3.92. The highest BCUT2D eigenvalue weighted by molar-refractivity contribution is 5.69. The Bertz CT molecular complexity index is 350. The van der Waals surface area contributed by atoms with Crippen molar-refractivity contribution >= 4 is 5.97 Å². The molecule has 0 aliphatic carbocycles. The molecule has 0 radical (unpaired) electrons. The summed E-state index contributed by atoms with van der Waals surface area (Å²) in [7, 11) is 0. The normalized spacial score (nSPS) is 10.1. The summed E-state index contributed by atoms with van der Waals surface area (Å²) >= 11 is 0. The van der Waals surface area contributed by atoms with Crippen LogP contribution in [0.15, 0.2) is 18.2 Å². The Morgan fingerprint density at radius 2 is 2.13 bits per heavy atom. The maximum atomic E-state index is 13.1. The monoisotopic (exact) mass is 214 g/mol. The van der Waals surface area contributed by atoms with Gasteiger partial charge in [0.1, 0.15) is 0 Å². The predicted molar refractivity (Wildman–Crippen MR) is 51.3 cm³/mol. The van der Waals surface area contributed by atoms with Crippen LogP contribution in [0.4, 0.5) is 8.78 Å². The highest BCUT2D eigenvalue weighted by Gasteiger charge is 2.09. The molecule has 0 N–H and O–H groups in total. The van der Waals surface area contributed by atoms with Crippen LogP contribution in [0.25, 0.3) is 0 Å². The van der Waals surface area contributed by atoms with E-state index in [4.69, 9.17) is 0 Å². The zero-order valence-electron chi connectivity index (χ0n) is 8.43. The van der Waals surface area contributed by atoms with Gasteiger partial charge in [0.05, 0.1) is 6.61 Å². The molecule has 0 saturated carbocycles. The van der Waals surface area contributed by atoms with Crippen LogP contribution in [-0.4, -0.2) is 12.6 Å². The Labute approximate surface area is 86.9 Å². The molecule has 0 saturated heterocycles. The Hall–Kier alpha value is -1.45. The molecule has 82 valence electrons. The smallest absolute Gasteiger partial charge is 0.306 e. The Balaban J connectivity index is 2.58. The van der Waals surface area contributed by atoms with E-state index in [-0.39, 0.29) is 18.4 Å². The van der Waals surface area contributed by atoms with E-state index in [2.05, 4.69) is 4.74 Å². The van der Waals surface area contributed by atoms with Gasteiger partial charge in [0.25, 0.3) is 0 Å². The van der Waals surface area contributed by atoms with Crippen LogP contribution in [0, 0.1) is 11.6 Å². The Kier molecular flexibility index (Phi) is 4.21. The van der Waals surface area contributed by atoms with Gasteiger partial charge in [-0.3, -0.25) is 4.79 Å². The van der Waals surface area contributed by atoms with Crippen LogP contribution >= 0.6 is 0 Å². The number of carbonyl (C=O) groups excluding carboxylic acids is 1. The molecular formula is C11H12F2O2. The fourth-order valence-electron chi connectivity index (χ4n) is 1.21. The average Bonchev–Trinajstić information content (AvgIpc) is 2.21. The van der Waals surface area contributed by atoms with Crippen LogP contribution in [-0.2, 0) is 16.0 Å². The van der Waals surface area contributed by atoms with Crippen molar-refractivity contribution in [2.45, 2.75) is 19.8 Å². The first-order valence-corrected chi connectivity index (χ1v) is 4.73. The number of ether oxygens (including phenoxy) is 1. The lowest BCUT2D eigenvalue weighted by Gasteiger charge is -2.03. The van der Waals surface area contributed by atoms with E-state index in [1.165, 1.54) is 12.1 Å². The highest BCUT2D eigenvalue weighted by atomic mass is 19.2. The summed E-state index contributed by atoms with van der Waals surface area (Å²) in [5, 5.41) is 0. The molecule has 4 heteroatoms. The SMILES string of the molecule is CCOC(=O)CCc1cccc(F)c1F. The van der Waals surface area contributed by atoms with Crippen molar-refractivity contribution < 1.29 is 18.3 Å². The average molecular weight is 214 g/mol. The van der Waals surface area contributed by atoms with Crippen LogP contribution in [0.1, 0.15) is 18.9 Å². The number of benzene rings is 1. The van der Waals surface area contributed by atoms with E-state index in [1.54, 1.807) is 6.92 Å². The molecule has 0 aromatic heterocycles. The van der Waals surface area contributed by atoms with Crippen molar-refractivity contribution in [3.05, 3.63) is 35.4 Å². The highest BCUT2D eigenvalue weighted by Crippen LogP contribution is 2.13. The Morgan fingerprint density at radius 3 is 2.80 bits per heavy atom. The summed E-state index contributed by atoms with van der Waals surface area (Å²) < 4.78 is 30.5. The van der Waals surface area contributed by atoms with E-state index in [0.29, 0.717) is 6.61 Å². The second-order valence-corrected chi connectivity index (χ2v) is 3.02. The largest absolute Gasteiger partial charge is 0.466 e. The molecule has 1 rings (SSSR count). The first-order chi connectivity index (χ1) is 7.15. The molecule has 15 heavy (non-hydrogen) atoms. The fraction of sp³-hybridized carbons (Fsp3) is 0.364. The molecule has 0 heterocycles. The van der Waals surface area contributed by atoms with Crippen molar-refractivity contribution in [1.29, 1.82) is 0 Å². The number of halogens is 2. The van der Waals surface area contributed by atoms with E-state index >= 15 is 0 Å². The lowest BCUT2D eigenvalue weighted by Crippen LogP contribution is -2.06. The third kappa shape index (κ3) is 3.31. The zero-order valence-corrected chi connectivity index (χ0v) is 8.43. The zero-order chi connectivity index (χ0) is 11.3. The van der Waals surface area contributed by atoms with E-state index in [1.807, 2.05) is 0 Å². The molecule has 0 fully saturated rings. The standard InChI is InChI=1S/C11H12F2O2/c1-2-15-10(14)7-6-8-4-3-5-9(12)11(8)13/h3-5H,2,6-7H2,1H3. The topological polar surface area (TPSA) is 26.3 Å². The summed E-state index contributed by atoms with van der Waals surface area (Å²) in [4.78, 5) is 11.0. The van der Waals surface area contributed by atoms with Gasteiger partial charge in [-0.25, -0.2) is 8.78 Å². The van der Waals surface area contributed by atoms with Gasteiger partial charge in [-0.05, 0) is 25.0 Å². The summed E-state index contributed by atoms with van der Waals surface area (Å²) in [6.07, 6.45) is 0.219. The van der Waals surface area contributed by atoms with Crippen molar-refractivity contribution in [2.75, 3.05) is 6.61 Å². The predicted octanol–water partition coefficient (Wildman–Crippen LogP) is 2.46. The number of rotatable bonds is 4. The second kappa shape index (κ2) is 5.44. The molecule has 0 spiro atoms. The molecule has 0 aliphatic rings. The number of aryl methyl sites for hydroxylation is 1. The van der Waals surface area contributed by atoms with Gasteiger partial charge < -0.3 is 4.74 Å². The Morgan fingerprint density at radius 1 is 1.40 bits per heavy atom. The van der Waals surface area contributed by atoms with Gasteiger partial charge in [-0.1, -0.05) is 12.1 Å².